The van der Waals surface area contributed by atoms with E-state index in [1.807, 2.05) is 0 Å². The molecule has 8 nitrogen and oxygen atoms in total. The van der Waals surface area contributed by atoms with E-state index in [1.165, 1.54) is 0 Å². The number of carbonyl (C=O) groups is 2. The Balaban J connectivity index is -0.0000000447. The summed E-state index contributed by atoms with van der Waals surface area (Å²) in [5.74, 6) is -3.65. The van der Waals surface area contributed by atoms with Gasteiger partial charge in [0, 0.05) is 0 Å². The first-order valence-electron chi connectivity index (χ1n) is 2.76. The van der Waals surface area contributed by atoms with E-state index in [9.17, 15) is 17.3 Å². The van der Waals surface area contributed by atoms with Gasteiger partial charge in [-0.2, -0.15) is 0 Å². The van der Waals surface area contributed by atoms with Crippen LogP contribution < -0.4 is 18.9 Å². The van der Waals surface area contributed by atoms with Crippen molar-refractivity contribution in [2.45, 2.75) is 0 Å². The molecule has 0 saturated carbocycles. The fourth-order valence-corrected chi connectivity index (χ4v) is 0. The van der Waals surface area contributed by atoms with Crippen LogP contribution in [-0.4, -0.2) is 44.1 Å². The molecule has 0 aliphatic rings. The van der Waals surface area contributed by atoms with Crippen LogP contribution in [0.15, 0.2) is 0 Å². The van der Waals surface area contributed by atoms with Crippen molar-refractivity contribution in [1.82, 2.24) is 0 Å². The molecule has 17 heavy (non-hydrogen) atoms. The molecule has 0 aliphatic carbocycles. The molecule has 100 valence electrons. The van der Waals surface area contributed by atoms with Crippen LogP contribution in [0, 0.1) is 0 Å². The predicted molar refractivity (Wildman–Crippen MR) is 40.8 cm³/mol. The average Bonchev–Trinajstić information content (AvgIpc) is 1.77. The van der Waals surface area contributed by atoms with E-state index in [4.69, 9.17) is 39.0 Å². The minimum Gasteiger partial charge on any atom is -1.00 e. The second-order valence-electron chi connectivity index (χ2n) is 1.62. The van der Waals surface area contributed by atoms with E-state index in [2.05, 4.69) is 0 Å². The zero-order chi connectivity index (χ0) is 14.2. The Bertz CT molecular complexity index is 254. The number of hydrogen-bond donors (Lipinski definition) is 5. The summed E-state index contributed by atoms with van der Waals surface area (Å²) in [4.78, 5) is 39.8. The van der Waals surface area contributed by atoms with Gasteiger partial charge in [-0.25, -0.2) is 14.2 Å². The van der Waals surface area contributed by atoms with Crippen LogP contribution in [0.25, 0.3) is 0 Å². The largest absolute Gasteiger partial charge is 1.00 e. The first-order chi connectivity index (χ1) is 6.64. The summed E-state index contributed by atoms with van der Waals surface area (Å²) >= 11 is 0. The molecule has 0 unspecified atom stereocenters. The standard InChI is InChI=1S/C2H2O4.BF4.Li.H3O4P.H/c3-1(4)2(5)6;2-1(3,4)5;;1-5(2,3)4;/h(H,3,4)(H,5,6);;;(H3,1,2,3,4);/q;-1;+1;;-1. The second kappa shape index (κ2) is 10.6. The van der Waals surface area contributed by atoms with Gasteiger partial charge in [0.15, 0.2) is 0 Å². The molecular formula is C2H6BF4LiO8P-. The summed E-state index contributed by atoms with van der Waals surface area (Å²) in [6, 6.07) is 0. The van der Waals surface area contributed by atoms with Gasteiger partial charge in [-0.05, 0) is 0 Å². The number of halogens is 4. The van der Waals surface area contributed by atoms with Crippen LogP contribution in [0.2, 0.25) is 0 Å². The molecule has 0 atom stereocenters. The van der Waals surface area contributed by atoms with Crippen molar-refractivity contribution in [3.63, 3.8) is 0 Å². The van der Waals surface area contributed by atoms with Gasteiger partial charge in [-0.15, -0.1) is 0 Å². The summed E-state index contributed by atoms with van der Waals surface area (Å²) in [5.41, 5.74) is 0. The van der Waals surface area contributed by atoms with Crippen LogP contribution in [0.1, 0.15) is 1.43 Å². The van der Waals surface area contributed by atoms with Crippen molar-refractivity contribution >= 4 is 27.0 Å². The maximum Gasteiger partial charge on any atom is 1.00 e. The molecule has 0 aromatic rings. The Kier molecular flexibility index (Phi) is 15.8. The third-order valence-electron chi connectivity index (χ3n) is 0.183. The SMILES string of the molecule is F[B-](F)(F)F.O=C(O)C(=O)O.O=P(O)(O)O.[H-].[Li+]. The minimum absolute atomic E-state index is 0. The van der Waals surface area contributed by atoms with E-state index >= 15 is 0 Å². The minimum atomic E-state index is -6.00. The predicted octanol–water partition coefficient (Wildman–Crippen LogP) is -3.36. The molecule has 0 aliphatic heterocycles. The van der Waals surface area contributed by atoms with Gasteiger partial charge >= 0.3 is 45.9 Å². The van der Waals surface area contributed by atoms with Gasteiger partial charge in [0.25, 0.3) is 0 Å². The first kappa shape index (κ1) is 25.3. The fraction of sp³-hybridized carbons (Fsp3) is 0. The third kappa shape index (κ3) is 236. The van der Waals surface area contributed by atoms with Gasteiger partial charge in [0.05, 0.1) is 0 Å². The zero-order valence-electron chi connectivity index (χ0n) is 9.00. The number of hydrogen-bond acceptors (Lipinski definition) is 3. The molecule has 0 aromatic heterocycles. The van der Waals surface area contributed by atoms with E-state index < -0.39 is 27.0 Å². The Hall–Kier alpha value is -0.568. The number of rotatable bonds is 0. The van der Waals surface area contributed by atoms with Crippen LogP contribution in [-0.2, 0) is 14.2 Å². The van der Waals surface area contributed by atoms with Crippen molar-refractivity contribution in [2.75, 3.05) is 0 Å². The van der Waals surface area contributed by atoms with Crippen molar-refractivity contribution in [2.24, 2.45) is 0 Å². The van der Waals surface area contributed by atoms with Crippen molar-refractivity contribution in [1.29, 1.82) is 0 Å². The maximum atomic E-state index is 9.75. The smallest absolute Gasteiger partial charge is 1.00 e. The summed E-state index contributed by atoms with van der Waals surface area (Å²) in [5, 5.41) is 14.8. The quantitative estimate of drug-likeness (QED) is 0.134. The molecule has 0 bridgehead atoms. The molecule has 5 N–H and O–H groups in total. The number of carboxylic acid groups (broad SMARTS) is 2. The number of phosphoric acid groups is 1. The Morgan fingerprint density at radius 3 is 1.00 bits per heavy atom. The van der Waals surface area contributed by atoms with Crippen LogP contribution >= 0.6 is 7.82 Å². The van der Waals surface area contributed by atoms with Crippen molar-refractivity contribution in [3.8, 4) is 0 Å². The van der Waals surface area contributed by atoms with E-state index in [0.717, 1.165) is 0 Å². The molecule has 15 heteroatoms. The third-order valence-corrected chi connectivity index (χ3v) is 0.183. The number of carboxylic acids is 2. The van der Waals surface area contributed by atoms with E-state index in [0.29, 0.717) is 0 Å². The van der Waals surface area contributed by atoms with E-state index in [1.54, 1.807) is 0 Å². The topological polar surface area (TPSA) is 152 Å². The summed E-state index contributed by atoms with van der Waals surface area (Å²) in [6.45, 7) is 0. The van der Waals surface area contributed by atoms with Crippen LogP contribution in [0.4, 0.5) is 17.3 Å². The average molecular weight is 283 g/mol. The monoisotopic (exact) mass is 283 g/mol. The zero-order valence-corrected chi connectivity index (χ0v) is 8.89. The Labute approximate surface area is 104 Å². The van der Waals surface area contributed by atoms with Crippen LogP contribution in [0.5, 0.6) is 0 Å². The number of aliphatic carboxylic acids is 2. The summed E-state index contributed by atoms with van der Waals surface area (Å²) in [6.07, 6.45) is 0. The molecule has 0 aromatic carbocycles. The molecule has 0 heterocycles. The maximum absolute atomic E-state index is 9.75. The molecule has 0 amide bonds. The Morgan fingerprint density at radius 1 is 0.941 bits per heavy atom. The van der Waals surface area contributed by atoms with Gasteiger partial charge in [-0.3, -0.25) is 0 Å². The molecule has 0 radical (unpaired) electrons. The summed E-state index contributed by atoms with van der Waals surface area (Å²) < 4.78 is 47.9. The normalized spacial score (nSPS) is 9.59. The second-order valence-corrected chi connectivity index (χ2v) is 2.65. The van der Waals surface area contributed by atoms with E-state index in [-0.39, 0.29) is 20.3 Å². The molecule has 0 rings (SSSR count). The summed E-state index contributed by atoms with van der Waals surface area (Å²) in [7, 11) is -10.6. The van der Waals surface area contributed by atoms with Crippen molar-refractivity contribution in [3.05, 3.63) is 0 Å². The Morgan fingerprint density at radius 2 is 1.00 bits per heavy atom. The van der Waals surface area contributed by atoms with Crippen LogP contribution in [0.3, 0.4) is 0 Å². The fourth-order valence-electron chi connectivity index (χ4n) is 0. The van der Waals surface area contributed by atoms with Gasteiger partial charge in [0.1, 0.15) is 0 Å². The molecule has 0 fully saturated rings. The van der Waals surface area contributed by atoms with Gasteiger partial charge in [-0.1, -0.05) is 0 Å². The molecular weight excluding hydrogens is 277 g/mol. The molecule has 0 saturated heterocycles. The molecule has 0 spiro atoms. The van der Waals surface area contributed by atoms with Gasteiger partial charge < -0.3 is 43.6 Å². The first-order valence-corrected chi connectivity index (χ1v) is 4.33. The van der Waals surface area contributed by atoms with Crippen molar-refractivity contribution < 1.29 is 76.6 Å². The van der Waals surface area contributed by atoms with Gasteiger partial charge in [0.2, 0.25) is 0 Å².